The summed E-state index contributed by atoms with van der Waals surface area (Å²) < 4.78 is 10.3. The van der Waals surface area contributed by atoms with E-state index in [9.17, 15) is 9.59 Å². The molecule has 3 heterocycles. The third-order valence-electron chi connectivity index (χ3n) is 3.55. The highest BCUT2D eigenvalue weighted by Gasteiger charge is 2.49. The molecule has 6 heteroatoms. The van der Waals surface area contributed by atoms with Crippen molar-refractivity contribution in [1.82, 2.24) is 9.80 Å². The molecule has 0 bridgehead atoms. The van der Waals surface area contributed by atoms with Crippen LogP contribution in [-0.2, 0) is 14.3 Å². The normalized spacial score (nSPS) is 34.7. The molecule has 3 saturated heterocycles. The molecule has 3 amide bonds. The largest absolute Gasteiger partial charge is 0.371 e. The zero-order valence-corrected chi connectivity index (χ0v) is 10.7. The van der Waals surface area contributed by atoms with Crippen LogP contribution in [0, 0.1) is 5.92 Å². The van der Waals surface area contributed by atoms with Gasteiger partial charge in [-0.25, -0.2) is 4.79 Å². The summed E-state index contributed by atoms with van der Waals surface area (Å²) >= 11 is 0. The van der Waals surface area contributed by atoms with E-state index in [0.29, 0.717) is 26.3 Å². The Kier molecular flexibility index (Phi) is 2.79. The lowest BCUT2D eigenvalue weighted by atomic mass is 10.0. The van der Waals surface area contributed by atoms with Gasteiger partial charge in [0.15, 0.2) is 0 Å². The number of nitrogens with zero attached hydrogens (tertiary/aromatic N) is 2. The lowest BCUT2D eigenvalue weighted by molar-refractivity contribution is -0.129. The predicted molar refractivity (Wildman–Crippen MR) is 61.9 cm³/mol. The Hall–Kier alpha value is -1.14. The molecule has 3 fully saturated rings. The highest BCUT2D eigenvalue weighted by Crippen LogP contribution is 2.27. The van der Waals surface area contributed by atoms with Crippen molar-refractivity contribution >= 4 is 11.9 Å². The minimum absolute atomic E-state index is 0.0443. The molecule has 6 nitrogen and oxygen atoms in total. The van der Waals surface area contributed by atoms with Gasteiger partial charge in [0, 0.05) is 0 Å². The molecule has 0 aliphatic carbocycles. The van der Waals surface area contributed by atoms with Crippen molar-refractivity contribution in [1.29, 1.82) is 0 Å². The molecule has 3 unspecified atom stereocenters. The van der Waals surface area contributed by atoms with Crippen LogP contribution in [0.4, 0.5) is 4.79 Å². The van der Waals surface area contributed by atoms with Gasteiger partial charge in [0.05, 0.1) is 38.5 Å². The second-order valence-corrected chi connectivity index (χ2v) is 5.48. The summed E-state index contributed by atoms with van der Waals surface area (Å²) in [5.41, 5.74) is 0. The zero-order chi connectivity index (χ0) is 12.9. The van der Waals surface area contributed by atoms with Crippen molar-refractivity contribution < 1.29 is 19.1 Å². The Morgan fingerprint density at radius 2 is 1.72 bits per heavy atom. The third kappa shape index (κ3) is 2.10. The summed E-state index contributed by atoms with van der Waals surface area (Å²) in [4.78, 5) is 27.6. The van der Waals surface area contributed by atoms with E-state index in [1.54, 1.807) is 4.90 Å². The quantitative estimate of drug-likeness (QED) is 0.514. The monoisotopic (exact) mass is 254 g/mol. The predicted octanol–water partition coefficient (Wildman–Crippen LogP) is 0.0728. The minimum atomic E-state index is -0.347. The smallest absolute Gasteiger partial charge is 0.327 e. The molecule has 0 saturated carbocycles. The molecule has 0 aromatic heterocycles. The molecule has 18 heavy (non-hydrogen) atoms. The third-order valence-corrected chi connectivity index (χ3v) is 3.55. The molecule has 3 atom stereocenters. The highest BCUT2D eigenvalue weighted by molar-refractivity contribution is 6.04. The van der Waals surface area contributed by atoms with Crippen molar-refractivity contribution in [2.45, 2.75) is 32.1 Å². The molecule has 0 spiro atoms. The van der Waals surface area contributed by atoms with E-state index >= 15 is 0 Å². The van der Waals surface area contributed by atoms with Gasteiger partial charge in [0.1, 0.15) is 6.04 Å². The van der Waals surface area contributed by atoms with Crippen molar-refractivity contribution in [3.8, 4) is 0 Å². The van der Waals surface area contributed by atoms with E-state index in [4.69, 9.17) is 9.47 Å². The van der Waals surface area contributed by atoms with Gasteiger partial charge in [-0.05, 0) is 5.92 Å². The molecule has 3 aliphatic heterocycles. The van der Waals surface area contributed by atoms with Crippen LogP contribution in [0.5, 0.6) is 0 Å². The number of carbonyl (C=O) groups is 2. The Morgan fingerprint density at radius 3 is 2.22 bits per heavy atom. The van der Waals surface area contributed by atoms with E-state index in [2.05, 4.69) is 0 Å². The lowest BCUT2D eigenvalue weighted by Crippen LogP contribution is -2.41. The summed E-state index contributed by atoms with van der Waals surface area (Å²) in [7, 11) is 0. The summed E-state index contributed by atoms with van der Waals surface area (Å²) in [6.45, 7) is 6.18. The molecule has 3 rings (SSSR count). The topological polar surface area (TPSA) is 65.7 Å². The molecule has 100 valence electrons. The van der Waals surface area contributed by atoms with Gasteiger partial charge in [-0.15, -0.1) is 0 Å². The fourth-order valence-electron chi connectivity index (χ4n) is 2.44. The second-order valence-electron chi connectivity index (χ2n) is 5.48. The van der Waals surface area contributed by atoms with Gasteiger partial charge < -0.3 is 14.4 Å². The Balaban J connectivity index is 1.76. The molecular formula is C12H18N2O4. The van der Waals surface area contributed by atoms with E-state index in [0.717, 1.165) is 0 Å². The molecule has 0 N–H and O–H groups in total. The van der Waals surface area contributed by atoms with Crippen LogP contribution in [0.3, 0.4) is 0 Å². The van der Waals surface area contributed by atoms with Crippen LogP contribution in [0.15, 0.2) is 0 Å². The average Bonchev–Trinajstić information content (AvgIpc) is 3.17. The number of epoxide rings is 2. The summed E-state index contributed by atoms with van der Waals surface area (Å²) in [5, 5.41) is 0. The van der Waals surface area contributed by atoms with E-state index < -0.39 is 0 Å². The SMILES string of the molecule is CC(C)C1C(=O)N(CC2CO2)C(=O)N1CC1CO1. The highest BCUT2D eigenvalue weighted by atomic mass is 16.6. The van der Waals surface area contributed by atoms with Crippen molar-refractivity contribution in [3.63, 3.8) is 0 Å². The summed E-state index contributed by atoms with van der Waals surface area (Å²) in [6.07, 6.45) is 0.156. The maximum atomic E-state index is 12.3. The van der Waals surface area contributed by atoms with Gasteiger partial charge in [-0.1, -0.05) is 13.8 Å². The number of amides is 3. The number of hydrogen-bond acceptors (Lipinski definition) is 4. The van der Waals surface area contributed by atoms with Crippen LogP contribution in [-0.4, -0.2) is 66.3 Å². The fourth-order valence-corrected chi connectivity index (χ4v) is 2.44. The number of carbonyl (C=O) groups excluding carboxylic acids is 2. The average molecular weight is 254 g/mol. The van der Waals surface area contributed by atoms with Crippen LogP contribution < -0.4 is 0 Å². The molecular weight excluding hydrogens is 236 g/mol. The number of ether oxygens (including phenoxy) is 2. The van der Waals surface area contributed by atoms with Gasteiger partial charge >= 0.3 is 6.03 Å². The Bertz CT molecular complexity index is 376. The Morgan fingerprint density at radius 1 is 1.17 bits per heavy atom. The van der Waals surface area contributed by atoms with Crippen molar-refractivity contribution in [3.05, 3.63) is 0 Å². The standard InChI is InChI=1S/C12H18N2O4/c1-7(2)10-11(15)14(4-9-6-18-9)12(16)13(10)3-8-5-17-8/h7-10H,3-6H2,1-2H3. The molecule has 0 aromatic carbocycles. The summed E-state index contributed by atoms with van der Waals surface area (Å²) in [6, 6.07) is -0.537. The minimum Gasteiger partial charge on any atom is -0.371 e. The second kappa shape index (κ2) is 4.20. The first-order chi connectivity index (χ1) is 8.58. The van der Waals surface area contributed by atoms with E-state index in [1.807, 2.05) is 13.8 Å². The number of urea groups is 1. The molecule has 3 aliphatic rings. The van der Waals surface area contributed by atoms with E-state index in [-0.39, 0.29) is 36.1 Å². The molecule has 0 radical (unpaired) electrons. The van der Waals surface area contributed by atoms with Gasteiger partial charge in [0.25, 0.3) is 5.91 Å². The summed E-state index contributed by atoms with van der Waals surface area (Å²) in [5.74, 6) is 0.0245. The van der Waals surface area contributed by atoms with Crippen molar-refractivity contribution in [2.75, 3.05) is 26.3 Å². The number of imide groups is 1. The zero-order valence-electron chi connectivity index (χ0n) is 10.7. The van der Waals surface area contributed by atoms with Crippen LogP contribution in [0.25, 0.3) is 0 Å². The maximum absolute atomic E-state index is 12.3. The van der Waals surface area contributed by atoms with Crippen LogP contribution >= 0.6 is 0 Å². The van der Waals surface area contributed by atoms with Crippen LogP contribution in [0.1, 0.15) is 13.8 Å². The number of hydrogen-bond donors (Lipinski definition) is 0. The van der Waals surface area contributed by atoms with Crippen LogP contribution in [0.2, 0.25) is 0 Å². The van der Waals surface area contributed by atoms with Gasteiger partial charge in [-0.3, -0.25) is 9.69 Å². The van der Waals surface area contributed by atoms with E-state index in [1.165, 1.54) is 4.90 Å². The fraction of sp³-hybridized carbons (Fsp3) is 0.833. The lowest BCUT2D eigenvalue weighted by Gasteiger charge is -2.23. The first-order valence-electron chi connectivity index (χ1n) is 6.43. The van der Waals surface area contributed by atoms with Gasteiger partial charge in [-0.2, -0.15) is 0 Å². The molecule has 0 aromatic rings. The maximum Gasteiger partial charge on any atom is 0.327 e. The van der Waals surface area contributed by atoms with Crippen molar-refractivity contribution in [2.24, 2.45) is 5.92 Å². The Labute approximate surface area is 106 Å². The first-order valence-corrected chi connectivity index (χ1v) is 6.43. The first kappa shape index (κ1) is 11.9. The number of rotatable bonds is 5. The van der Waals surface area contributed by atoms with Gasteiger partial charge in [0.2, 0.25) is 0 Å².